The fraction of sp³-hybridized carbons (Fsp3) is 0.480. The highest BCUT2D eigenvalue weighted by Crippen LogP contribution is 2.20. The molecule has 0 aliphatic rings. The monoisotopic (exact) mass is 530 g/mol. The molecule has 0 radical (unpaired) electrons. The highest BCUT2D eigenvalue weighted by atomic mass is 32.2. The van der Waals surface area contributed by atoms with E-state index in [1.54, 1.807) is 24.0 Å². The lowest BCUT2D eigenvalue weighted by Gasteiger charge is -2.23. The van der Waals surface area contributed by atoms with E-state index in [0.29, 0.717) is 55.1 Å². The van der Waals surface area contributed by atoms with Crippen LogP contribution in [0.3, 0.4) is 0 Å². The molecule has 0 fully saturated rings. The molecule has 0 aliphatic carbocycles. The van der Waals surface area contributed by atoms with E-state index in [4.69, 9.17) is 10.5 Å². The highest BCUT2D eigenvalue weighted by molar-refractivity contribution is 7.99. The predicted octanol–water partition coefficient (Wildman–Crippen LogP) is 2.85. The minimum atomic E-state index is -0.903. The van der Waals surface area contributed by atoms with Gasteiger partial charge in [0.25, 0.3) is 0 Å². The molecule has 1 amide bonds. The third-order valence-corrected chi connectivity index (χ3v) is 6.52. The van der Waals surface area contributed by atoms with Gasteiger partial charge in [0.15, 0.2) is 11.5 Å². The molecule has 0 saturated carbocycles. The van der Waals surface area contributed by atoms with E-state index in [9.17, 15) is 19.5 Å². The Labute approximate surface area is 219 Å². The minimum absolute atomic E-state index is 0.0337. The maximum atomic E-state index is 12.8. The number of ether oxygens (including phenoxy) is 1. The summed E-state index contributed by atoms with van der Waals surface area (Å²) in [5, 5.41) is 9.34. The largest absolute Gasteiger partial charge is 0.481 e. The van der Waals surface area contributed by atoms with Crippen molar-refractivity contribution in [3.63, 3.8) is 0 Å². The highest BCUT2D eigenvalue weighted by Gasteiger charge is 2.18. The van der Waals surface area contributed by atoms with Crippen molar-refractivity contribution in [2.45, 2.75) is 52.1 Å². The van der Waals surface area contributed by atoms with Crippen molar-refractivity contribution in [1.29, 1.82) is 0 Å². The number of benzene rings is 1. The third kappa shape index (κ3) is 7.25. The van der Waals surface area contributed by atoms with Crippen molar-refractivity contribution in [3.05, 3.63) is 45.9 Å². The summed E-state index contributed by atoms with van der Waals surface area (Å²) in [5.41, 5.74) is 7.91. The van der Waals surface area contributed by atoms with E-state index in [2.05, 4.69) is 15.0 Å². The van der Waals surface area contributed by atoms with Crippen LogP contribution in [0.5, 0.6) is 6.01 Å². The van der Waals surface area contributed by atoms with Gasteiger partial charge < -0.3 is 25.5 Å². The number of nitrogens with two attached hydrogens (primary N) is 1. The number of rotatable bonds is 14. The second-order valence-corrected chi connectivity index (χ2v) is 9.65. The Kier molecular flexibility index (Phi) is 9.95. The van der Waals surface area contributed by atoms with Gasteiger partial charge in [0.2, 0.25) is 5.91 Å². The van der Waals surface area contributed by atoms with Crippen LogP contribution in [0.15, 0.2) is 29.1 Å². The Balaban J connectivity index is 1.76. The first kappa shape index (κ1) is 28.0. The minimum Gasteiger partial charge on any atom is -0.481 e. The van der Waals surface area contributed by atoms with Gasteiger partial charge in [-0.25, -0.2) is 4.79 Å². The Hall–Kier alpha value is -3.54. The number of H-pyrrole nitrogens is 1. The molecule has 12 heteroatoms. The van der Waals surface area contributed by atoms with Gasteiger partial charge in [-0.05, 0) is 37.1 Å². The molecule has 0 aliphatic heterocycles. The Morgan fingerprint density at radius 1 is 1.30 bits per heavy atom. The van der Waals surface area contributed by atoms with Crippen LogP contribution in [0.1, 0.15) is 50.2 Å². The number of amides is 1. The second kappa shape index (κ2) is 13.1. The number of nitrogens with one attached hydrogen (secondary N) is 1. The van der Waals surface area contributed by atoms with Crippen molar-refractivity contribution in [3.8, 4) is 6.01 Å². The zero-order chi connectivity index (χ0) is 26.9. The number of carbonyl (C=O) groups is 2. The van der Waals surface area contributed by atoms with Gasteiger partial charge in [-0.15, -0.1) is 0 Å². The SMILES string of the molecule is CCCCOc1nc(N)c2[nH]c(=O)n(CCCN(Cc3cccc(C(C)C(=O)O)c3)C(=O)CSC)c2n1. The third-order valence-electron chi connectivity index (χ3n) is 5.98. The van der Waals surface area contributed by atoms with Crippen LogP contribution >= 0.6 is 11.8 Å². The molecule has 4 N–H and O–H groups in total. The molecule has 0 bridgehead atoms. The van der Waals surface area contributed by atoms with E-state index in [0.717, 1.165) is 18.4 Å². The molecule has 1 aromatic carbocycles. The fourth-order valence-corrected chi connectivity index (χ4v) is 4.29. The number of aromatic amines is 1. The smallest absolute Gasteiger partial charge is 0.327 e. The van der Waals surface area contributed by atoms with Crippen LogP contribution in [-0.4, -0.2) is 66.6 Å². The van der Waals surface area contributed by atoms with Crippen LogP contribution in [0.4, 0.5) is 5.82 Å². The molecule has 3 rings (SSSR count). The average molecular weight is 531 g/mol. The standard InChI is InChI=1S/C25H34N6O5S/c1-4-5-12-36-24-28-21(26)20-22(29-24)31(25(35)27-20)11-7-10-30(19(32)15-37-3)14-17-8-6-9-18(13-17)16(2)23(33)34/h6,8-9,13,16H,4-5,7,10-12,14-15H2,1-3H3,(H,27,35)(H,33,34)(H2,26,28,29). The number of fused-ring (bicyclic) bond motifs is 1. The quantitative estimate of drug-likeness (QED) is 0.267. The molecule has 0 spiro atoms. The lowest BCUT2D eigenvalue weighted by Crippen LogP contribution is -2.34. The molecular formula is C25H34N6O5S. The summed E-state index contributed by atoms with van der Waals surface area (Å²) < 4.78 is 7.06. The van der Waals surface area contributed by atoms with Gasteiger partial charge in [-0.3, -0.25) is 14.2 Å². The number of aliphatic carboxylic acids is 1. The molecule has 1 unspecified atom stereocenters. The fourth-order valence-electron chi connectivity index (χ4n) is 3.86. The number of hydrogen-bond donors (Lipinski definition) is 3. The lowest BCUT2D eigenvalue weighted by molar-refractivity contribution is -0.138. The Morgan fingerprint density at radius 2 is 2.08 bits per heavy atom. The first-order chi connectivity index (χ1) is 17.7. The molecular weight excluding hydrogens is 496 g/mol. The Morgan fingerprint density at radius 3 is 2.78 bits per heavy atom. The number of carboxylic acids is 1. The second-order valence-electron chi connectivity index (χ2n) is 8.78. The molecule has 0 saturated heterocycles. The molecule has 3 aromatic rings. The zero-order valence-corrected chi connectivity index (χ0v) is 22.2. The summed E-state index contributed by atoms with van der Waals surface area (Å²) in [6.45, 7) is 5.18. The van der Waals surface area contributed by atoms with Crippen LogP contribution < -0.4 is 16.2 Å². The zero-order valence-electron chi connectivity index (χ0n) is 21.4. The van der Waals surface area contributed by atoms with Gasteiger partial charge in [-0.1, -0.05) is 37.6 Å². The van der Waals surface area contributed by atoms with Crippen molar-refractivity contribution in [1.82, 2.24) is 24.4 Å². The van der Waals surface area contributed by atoms with E-state index in [-0.39, 0.29) is 23.4 Å². The summed E-state index contributed by atoms with van der Waals surface area (Å²) in [5.74, 6) is -1.12. The van der Waals surface area contributed by atoms with Gasteiger partial charge >= 0.3 is 17.7 Å². The number of aryl methyl sites for hydroxylation is 1. The van der Waals surface area contributed by atoms with Crippen LogP contribution in [0.25, 0.3) is 11.2 Å². The first-order valence-corrected chi connectivity index (χ1v) is 13.6. The molecule has 11 nitrogen and oxygen atoms in total. The van der Waals surface area contributed by atoms with Crippen molar-refractivity contribution in [2.24, 2.45) is 0 Å². The number of carbonyl (C=O) groups excluding carboxylic acids is 1. The summed E-state index contributed by atoms with van der Waals surface area (Å²) >= 11 is 1.43. The van der Waals surface area contributed by atoms with Gasteiger partial charge in [0.05, 0.1) is 18.3 Å². The number of hydrogen-bond acceptors (Lipinski definition) is 8. The van der Waals surface area contributed by atoms with Crippen molar-refractivity contribution in [2.75, 3.05) is 30.9 Å². The van der Waals surface area contributed by atoms with Crippen LogP contribution in [0.2, 0.25) is 0 Å². The predicted molar refractivity (Wildman–Crippen MR) is 144 cm³/mol. The van der Waals surface area contributed by atoms with Crippen LogP contribution in [0, 0.1) is 0 Å². The topological polar surface area (TPSA) is 156 Å². The number of nitrogen functional groups attached to an aromatic ring is 1. The number of aromatic nitrogens is 4. The van der Waals surface area contributed by atoms with Gasteiger partial charge in [0, 0.05) is 19.6 Å². The summed E-state index contributed by atoms with van der Waals surface area (Å²) in [4.78, 5) is 49.8. The normalized spacial score (nSPS) is 12.0. The number of nitrogens with zero attached hydrogens (tertiary/aromatic N) is 4. The average Bonchev–Trinajstić information content (AvgIpc) is 3.19. The number of anilines is 1. The number of thioether (sulfide) groups is 1. The molecule has 200 valence electrons. The number of carboxylic acid groups (broad SMARTS) is 1. The number of imidazole rings is 1. The molecule has 37 heavy (non-hydrogen) atoms. The summed E-state index contributed by atoms with van der Waals surface area (Å²) in [7, 11) is 0. The maximum Gasteiger partial charge on any atom is 0.327 e. The van der Waals surface area contributed by atoms with E-state index >= 15 is 0 Å². The van der Waals surface area contributed by atoms with Crippen molar-refractivity contribution >= 4 is 40.6 Å². The molecule has 2 aromatic heterocycles. The maximum absolute atomic E-state index is 12.8. The van der Waals surface area contributed by atoms with Crippen LogP contribution in [-0.2, 0) is 22.7 Å². The van der Waals surface area contributed by atoms with Gasteiger partial charge in [-0.2, -0.15) is 21.7 Å². The molecule has 2 heterocycles. The molecule has 1 atom stereocenters. The van der Waals surface area contributed by atoms with E-state index in [1.165, 1.54) is 16.3 Å². The van der Waals surface area contributed by atoms with E-state index < -0.39 is 11.9 Å². The summed E-state index contributed by atoms with van der Waals surface area (Å²) in [6.07, 6.45) is 4.16. The van der Waals surface area contributed by atoms with E-state index in [1.807, 2.05) is 25.3 Å². The lowest BCUT2D eigenvalue weighted by atomic mass is 9.99. The summed E-state index contributed by atoms with van der Waals surface area (Å²) in [6, 6.07) is 7.40. The van der Waals surface area contributed by atoms with Gasteiger partial charge in [0.1, 0.15) is 5.52 Å². The number of unbranched alkanes of at least 4 members (excludes halogenated alkanes) is 1. The Bertz CT molecular complexity index is 1290. The van der Waals surface area contributed by atoms with Crippen molar-refractivity contribution < 1.29 is 19.4 Å². The first-order valence-electron chi connectivity index (χ1n) is 12.2.